The van der Waals surface area contributed by atoms with E-state index in [4.69, 9.17) is 10.5 Å². The number of nitriles is 2. The first-order valence-corrected chi connectivity index (χ1v) is 4.63. The van der Waals surface area contributed by atoms with Crippen molar-refractivity contribution in [3.05, 3.63) is 11.3 Å². The van der Waals surface area contributed by atoms with Crippen LogP contribution in [-0.2, 0) is 0 Å². The Morgan fingerprint density at radius 2 is 1.57 bits per heavy atom. The lowest BCUT2D eigenvalue weighted by Gasteiger charge is -2.34. The zero-order valence-corrected chi connectivity index (χ0v) is 8.62. The molecule has 0 unspecified atom stereocenters. The molecule has 1 heterocycles. The molecule has 0 spiro atoms. The van der Waals surface area contributed by atoms with E-state index in [1.165, 1.54) is 0 Å². The SMILES string of the molecule is CC(=C(C#N)C#N)N1CCN(C)CC1. The van der Waals surface area contributed by atoms with Gasteiger partial charge in [0.25, 0.3) is 0 Å². The smallest absolute Gasteiger partial charge is 0.148 e. The predicted octanol–water partition coefficient (Wildman–Crippen LogP) is 0.555. The molecule has 0 aliphatic carbocycles. The summed E-state index contributed by atoms with van der Waals surface area (Å²) in [5, 5.41) is 17.4. The van der Waals surface area contributed by atoms with Crippen LogP contribution in [0.15, 0.2) is 11.3 Å². The van der Waals surface area contributed by atoms with Gasteiger partial charge < -0.3 is 9.80 Å². The van der Waals surface area contributed by atoms with E-state index in [9.17, 15) is 0 Å². The molecule has 0 aromatic heterocycles. The molecule has 0 aromatic rings. The van der Waals surface area contributed by atoms with Crippen molar-refractivity contribution in [2.75, 3.05) is 33.2 Å². The zero-order valence-electron chi connectivity index (χ0n) is 8.62. The Morgan fingerprint density at radius 1 is 1.07 bits per heavy atom. The largest absolute Gasteiger partial charge is 0.371 e. The molecule has 0 radical (unpaired) electrons. The van der Waals surface area contributed by atoms with Crippen LogP contribution in [0.3, 0.4) is 0 Å². The van der Waals surface area contributed by atoms with Crippen LogP contribution in [0.1, 0.15) is 6.92 Å². The van der Waals surface area contributed by atoms with E-state index in [1.54, 1.807) is 0 Å². The van der Waals surface area contributed by atoms with Crippen molar-refractivity contribution in [1.29, 1.82) is 10.5 Å². The van der Waals surface area contributed by atoms with Gasteiger partial charge in [0.05, 0.1) is 0 Å². The second-order valence-electron chi connectivity index (χ2n) is 3.47. The van der Waals surface area contributed by atoms with Gasteiger partial charge in [-0.25, -0.2) is 0 Å². The summed E-state index contributed by atoms with van der Waals surface area (Å²) in [5.74, 6) is 0. The minimum Gasteiger partial charge on any atom is -0.371 e. The van der Waals surface area contributed by atoms with Gasteiger partial charge in [-0.3, -0.25) is 0 Å². The van der Waals surface area contributed by atoms with Crippen molar-refractivity contribution in [2.45, 2.75) is 6.92 Å². The standard InChI is InChI=1S/C10H14N4/c1-9(10(7-11)8-12)14-5-3-13(2)4-6-14/h3-6H2,1-2H3. The first-order chi connectivity index (χ1) is 6.69. The predicted molar refractivity (Wildman–Crippen MR) is 53.0 cm³/mol. The lowest BCUT2D eigenvalue weighted by atomic mass is 10.2. The van der Waals surface area contributed by atoms with Gasteiger partial charge in [-0.05, 0) is 14.0 Å². The third-order valence-electron chi connectivity index (χ3n) is 2.56. The number of likely N-dealkylation sites (N-methyl/N-ethyl adjacent to an activating group) is 1. The Bertz CT molecular complexity index is 294. The van der Waals surface area contributed by atoms with Gasteiger partial charge in [0, 0.05) is 31.9 Å². The molecule has 0 saturated carbocycles. The van der Waals surface area contributed by atoms with Crippen molar-refractivity contribution in [3.8, 4) is 12.1 Å². The van der Waals surface area contributed by atoms with Gasteiger partial charge in [0.15, 0.2) is 0 Å². The van der Waals surface area contributed by atoms with Gasteiger partial charge in [0.2, 0.25) is 0 Å². The van der Waals surface area contributed by atoms with Crippen LogP contribution in [0.5, 0.6) is 0 Å². The molecule has 1 saturated heterocycles. The van der Waals surface area contributed by atoms with E-state index in [2.05, 4.69) is 16.8 Å². The zero-order chi connectivity index (χ0) is 10.6. The quantitative estimate of drug-likeness (QED) is 0.567. The monoisotopic (exact) mass is 190 g/mol. The highest BCUT2D eigenvalue weighted by Gasteiger charge is 2.16. The Kier molecular flexibility index (Phi) is 3.50. The molecule has 4 heteroatoms. The minimum absolute atomic E-state index is 0.231. The van der Waals surface area contributed by atoms with Crippen LogP contribution in [0.2, 0.25) is 0 Å². The fourth-order valence-electron chi connectivity index (χ4n) is 1.49. The molecule has 0 atom stereocenters. The Balaban J connectivity index is 2.72. The number of rotatable bonds is 1. The van der Waals surface area contributed by atoms with Crippen LogP contribution in [-0.4, -0.2) is 43.0 Å². The lowest BCUT2D eigenvalue weighted by Crippen LogP contribution is -2.43. The van der Waals surface area contributed by atoms with Crippen molar-refractivity contribution < 1.29 is 0 Å². The van der Waals surface area contributed by atoms with Gasteiger partial charge in [-0.2, -0.15) is 10.5 Å². The minimum atomic E-state index is 0.231. The van der Waals surface area contributed by atoms with E-state index in [0.29, 0.717) is 0 Å². The number of nitrogens with zero attached hydrogens (tertiary/aromatic N) is 4. The molecule has 1 aliphatic heterocycles. The summed E-state index contributed by atoms with van der Waals surface area (Å²) in [6.07, 6.45) is 0. The van der Waals surface area contributed by atoms with E-state index in [1.807, 2.05) is 19.1 Å². The van der Waals surface area contributed by atoms with E-state index < -0.39 is 0 Å². The van der Waals surface area contributed by atoms with Crippen molar-refractivity contribution >= 4 is 0 Å². The van der Waals surface area contributed by atoms with Gasteiger partial charge in [-0.15, -0.1) is 0 Å². The average molecular weight is 190 g/mol. The molecule has 1 fully saturated rings. The molecular weight excluding hydrogens is 176 g/mol. The van der Waals surface area contributed by atoms with Crippen molar-refractivity contribution in [1.82, 2.24) is 9.80 Å². The summed E-state index contributed by atoms with van der Waals surface area (Å²) in [6.45, 7) is 5.61. The van der Waals surface area contributed by atoms with Crippen LogP contribution >= 0.6 is 0 Å². The second-order valence-corrected chi connectivity index (χ2v) is 3.47. The summed E-state index contributed by atoms with van der Waals surface area (Å²) in [7, 11) is 2.08. The van der Waals surface area contributed by atoms with Gasteiger partial charge >= 0.3 is 0 Å². The Hall–Kier alpha value is -1.52. The number of allylic oxidation sites excluding steroid dienone is 2. The molecule has 74 valence electrons. The number of hydrogen-bond acceptors (Lipinski definition) is 4. The fourth-order valence-corrected chi connectivity index (χ4v) is 1.49. The Morgan fingerprint density at radius 3 is 2.00 bits per heavy atom. The summed E-state index contributed by atoms with van der Waals surface area (Å²) < 4.78 is 0. The van der Waals surface area contributed by atoms with Crippen LogP contribution in [0.4, 0.5) is 0 Å². The third-order valence-corrected chi connectivity index (χ3v) is 2.56. The summed E-state index contributed by atoms with van der Waals surface area (Å²) >= 11 is 0. The van der Waals surface area contributed by atoms with Crippen molar-refractivity contribution in [2.24, 2.45) is 0 Å². The second kappa shape index (κ2) is 4.64. The molecule has 0 bridgehead atoms. The Labute approximate surface area is 84.6 Å². The maximum Gasteiger partial charge on any atom is 0.148 e. The first-order valence-electron chi connectivity index (χ1n) is 4.63. The van der Waals surface area contributed by atoms with Crippen LogP contribution in [0.25, 0.3) is 0 Å². The topological polar surface area (TPSA) is 54.1 Å². The average Bonchev–Trinajstić information content (AvgIpc) is 2.20. The van der Waals surface area contributed by atoms with Crippen LogP contribution in [0, 0.1) is 22.7 Å². The highest BCUT2D eigenvalue weighted by Crippen LogP contribution is 2.11. The molecule has 1 aliphatic rings. The maximum atomic E-state index is 8.71. The van der Waals surface area contributed by atoms with E-state index >= 15 is 0 Å². The molecule has 1 rings (SSSR count). The molecular formula is C10H14N4. The van der Waals surface area contributed by atoms with Crippen LogP contribution < -0.4 is 0 Å². The lowest BCUT2D eigenvalue weighted by molar-refractivity contribution is 0.186. The molecule has 0 N–H and O–H groups in total. The molecule has 0 amide bonds. The molecule has 14 heavy (non-hydrogen) atoms. The molecule has 0 aromatic carbocycles. The molecule has 4 nitrogen and oxygen atoms in total. The van der Waals surface area contributed by atoms with E-state index in [0.717, 1.165) is 31.9 Å². The maximum absolute atomic E-state index is 8.71. The van der Waals surface area contributed by atoms with Gasteiger partial charge in [0.1, 0.15) is 17.7 Å². The fraction of sp³-hybridized carbons (Fsp3) is 0.600. The number of piperazine rings is 1. The van der Waals surface area contributed by atoms with E-state index in [-0.39, 0.29) is 5.57 Å². The normalized spacial score (nSPS) is 17.0. The summed E-state index contributed by atoms with van der Waals surface area (Å²) in [5.41, 5.74) is 1.04. The first kappa shape index (κ1) is 10.6. The van der Waals surface area contributed by atoms with Crippen molar-refractivity contribution in [3.63, 3.8) is 0 Å². The highest BCUT2D eigenvalue weighted by atomic mass is 15.2. The summed E-state index contributed by atoms with van der Waals surface area (Å²) in [6, 6.07) is 3.85. The third kappa shape index (κ3) is 2.25. The number of hydrogen-bond donors (Lipinski definition) is 0. The summed E-state index contributed by atoms with van der Waals surface area (Å²) in [4.78, 5) is 4.34. The van der Waals surface area contributed by atoms with Gasteiger partial charge in [-0.1, -0.05) is 0 Å². The highest BCUT2D eigenvalue weighted by molar-refractivity contribution is 5.38.